The molecule has 3 rings (SSSR count). The molecule has 1 heterocycles. The van der Waals surface area contributed by atoms with Gasteiger partial charge >= 0.3 is 0 Å². The summed E-state index contributed by atoms with van der Waals surface area (Å²) in [5.41, 5.74) is 9.82. The van der Waals surface area contributed by atoms with Gasteiger partial charge in [-0.3, -0.25) is 5.43 Å². The van der Waals surface area contributed by atoms with Gasteiger partial charge in [0.2, 0.25) is 5.13 Å². The first kappa shape index (κ1) is 18.6. The van der Waals surface area contributed by atoms with E-state index in [4.69, 9.17) is 22.1 Å². The summed E-state index contributed by atoms with van der Waals surface area (Å²) in [6.07, 6.45) is 1.62. The molecule has 0 aliphatic rings. The number of hydrogen-bond acceptors (Lipinski definition) is 6. The van der Waals surface area contributed by atoms with Gasteiger partial charge in [0, 0.05) is 21.0 Å². The summed E-state index contributed by atoms with van der Waals surface area (Å²) < 4.78 is 19.8. The third-order valence-electron chi connectivity index (χ3n) is 3.26. The van der Waals surface area contributed by atoms with Gasteiger partial charge in [-0.2, -0.15) is 5.10 Å². The predicted octanol–water partition coefficient (Wildman–Crippen LogP) is 5.31. The van der Waals surface area contributed by atoms with E-state index in [9.17, 15) is 4.39 Å². The lowest BCUT2D eigenvalue weighted by Crippen LogP contribution is -2.00. The Morgan fingerprint density at radius 3 is 2.92 bits per heavy atom. The summed E-state index contributed by atoms with van der Waals surface area (Å²) in [4.78, 5) is 4.06. The Kier molecular flexibility index (Phi) is 6.08. The number of thiazole rings is 1. The quantitative estimate of drug-likeness (QED) is 0.390. The third-order valence-corrected chi connectivity index (χ3v) is 4.87. The van der Waals surface area contributed by atoms with Crippen molar-refractivity contribution in [1.82, 2.24) is 4.98 Å². The van der Waals surface area contributed by atoms with Crippen LogP contribution in [0, 0.1) is 5.82 Å². The SMILES string of the molecule is Nc1csc(NN=Cc2cc(Br)ccc2OCc2ccc(F)cc2Cl)n1. The second-order valence-corrected chi connectivity index (χ2v) is 7.34. The maximum Gasteiger partial charge on any atom is 0.205 e. The monoisotopic (exact) mass is 454 g/mol. The molecule has 0 bridgehead atoms. The number of ether oxygens (including phenoxy) is 1. The summed E-state index contributed by atoms with van der Waals surface area (Å²) >= 11 is 10.8. The molecule has 3 aromatic rings. The summed E-state index contributed by atoms with van der Waals surface area (Å²) in [6, 6.07) is 9.73. The zero-order valence-corrected chi connectivity index (χ0v) is 16.4. The van der Waals surface area contributed by atoms with Crippen LogP contribution >= 0.6 is 38.9 Å². The van der Waals surface area contributed by atoms with Crippen LogP contribution in [-0.2, 0) is 6.61 Å². The molecule has 3 N–H and O–H groups in total. The molecule has 26 heavy (non-hydrogen) atoms. The van der Waals surface area contributed by atoms with E-state index in [-0.39, 0.29) is 12.4 Å². The highest BCUT2D eigenvalue weighted by molar-refractivity contribution is 9.10. The van der Waals surface area contributed by atoms with Gasteiger partial charge in [-0.05, 0) is 30.3 Å². The Morgan fingerprint density at radius 2 is 2.19 bits per heavy atom. The third kappa shape index (κ3) is 4.94. The molecular weight excluding hydrogens is 443 g/mol. The fraction of sp³-hybridized carbons (Fsp3) is 0.0588. The molecule has 0 aliphatic heterocycles. The minimum atomic E-state index is -0.385. The Hall–Kier alpha value is -2.16. The number of hydrazone groups is 1. The van der Waals surface area contributed by atoms with Crippen molar-refractivity contribution in [1.29, 1.82) is 0 Å². The smallest absolute Gasteiger partial charge is 0.205 e. The van der Waals surface area contributed by atoms with Crippen LogP contribution in [0.25, 0.3) is 0 Å². The number of nitrogen functional groups attached to an aromatic ring is 1. The lowest BCUT2D eigenvalue weighted by molar-refractivity contribution is 0.305. The van der Waals surface area contributed by atoms with E-state index in [2.05, 4.69) is 31.4 Å². The fourth-order valence-corrected chi connectivity index (χ4v) is 3.19. The highest BCUT2D eigenvalue weighted by atomic mass is 79.9. The Bertz CT molecular complexity index is 950. The molecule has 0 spiro atoms. The zero-order chi connectivity index (χ0) is 18.5. The molecule has 0 fully saturated rings. The van der Waals surface area contributed by atoms with Crippen molar-refractivity contribution < 1.29 is 9.13 Å². The van der Waals surface area contributed by atoms with Gasteiger partial charge in [0.15, 0.2) is 0 Å². The summed E-state index contributed by atoms with van der Waals surface area (Å²) in [7, 11) is 0. The van der Waals surface area contributed by atoms with E-state index >= 15 is 0 Å². The standard InChI is InChI=1S/C17H13BrClFN4OS/c18-12-2-4-15(25-8-10-1-3-13(20)6-14(10)19)11(5-12)7-22-24-17-23-16(21)9-26-17/h1-7,9H,8,21H2,(H,23,24). The Labute approximate surface area is 166 Å². The molecule has 0 saturated carbocycles. The Morgan fingerprint density at radius 1 is 1.35 bits per heavy atom. The van der Waals surface area contributed by atoms with Gasteiger partial charge < -0.3 is 10.5 Å². The largest absolute Gasteiger partial charge is 0.488 e. The van der Waals surface area contributed by atoms with Gasteiger partial charge in [0.1, 0.15) is 24.0 Å². The van der Waals surface area contributed by atoms with Gasteiger partial charge in [0.05, 0.1) is 11.2 Å². The van der Waals surface area contributed by atoms with Crippen molar-refractivity contribution >= 4 is 56.0 Å². The van der Waals surface area contributed by atoms with Crippen molar-refractivity contribution in [3.8, 4) is 5.75 Å². The number of halogens is 3. The maximum atomic E-state index is 13.1. The molecule has 0 saturated heterocycles. The zero-order valence-electron chi connectivity index (χ0n) is 13.2. The molecule has 9 heteroatoms. The lowest BCUT2D eigenvalue weighted by Gasteiger charge is -2.11. The van der Waals surface area contributed by atoms with E-state index < -0.39 is 0 Å². The predicted molar refractivity (Wildman–Crippen MR) is 108 cm³/mol. The first-order valence-corrected chi connectivity index (χ1v) is 9.42. The van der Waals surface area contributed by atoms with E-state index in [1.165, 1.54) is 23.5 Å². The number of aromatic nitrogens is 1. The summed E-state index contributed by atoms with van der Waals surface area (Å²) in [6.45, 7) is 0.206. The van der Waals surface area contributed by atoms with E-state index in [0.29, 0.717) is 27.3 Å². The number of rotatable bonds is 6. The first-order chi connectivity index (χ1) is 12.5. The van der Waals surface area contributed by atoms with Crippen LogP contribution in [0.5, 0.6) is 5.75 Å². The normalized spacial score (nSPS) is 11.0. The molecule has 1 aromatic heterocycles. The highest BCUT2D eigenvalue weighted by Crippen LogP contribution is 2.25. The fourth-order valence-electron chi connectivity index (χ4n) is 2.04. The number of nitrogens with two attached hydrogens (primary N) is 1. The number of nitrogens with one attached hydrogen (secondary N) is 1. The minimum Gasteiger partial charge on any atom is -0.488 e. The Balaban J connectivity index is 1.72. The van der Waals surface area contributed by atoms with Crippen LogP contribution in [0.1, 0.15) is 11.1 Å². The highest BCUT2D eigenvalue weighted by Gasteiger charge is 2.07. The molecule has 0 atom stereocenters. The van der Waals surface area contributed by atoms with Gasteiger partial charge in [0.25, 0.3) is 0 Å². The van der Waals surface area contributed by atoms with E-state index in [1.807, 2.05) is 18.2 Å². The minimum absolute atomic E-state index is 0.206. The van der Waals surface area contributed by atoms with Crippen LogP contribution in [0.3, 0.4) is 0 Å². The van der Waals surface area contributed by atoms with Crippen LogP contribution in [0.15, 0.2) is 51.4 Å². The van der Waals surface area contributed by atoms with E-state index in [0.717, 1.165) is 10.0 Å². The molecule has 5 nitrogen and oxygen atoms in total. The van der Waals surface area contributed by atoms with Gasteiger partial charge in [-0.1, -0.05) is 33.6 Å². The number of anilines is 2. The van der Waals surface area contributed by atoms with Crippen LogP contribution in [0.4, 0.5) is 15.3 Å². The van der Waals surface area contributed by atoms with Crippen LogP contribution in [0.2, 0.25) is 5.02 Å². The number of benzene rings is 2. The number of hydrogen-bond donors (Lipinski definition) is 2. The lowest BCUT2D eigenvalue weighted by atomic mass is 10.2. The second kappa shape index (κ2) is 8.48. The van der Waals surface area contributed by atoms with Gasteiger partial charge in [-0.25, -0.2) is 9.37 Å². The molecular formula is C17H13BrClFN4OS. The molecule has 2 aromatic carbocycles. The van der Waals surface area contributed by atoms with E-state index in [1.54, 1.807) is 17.7 Å². The van der Waals surface area contributed by atoms with Crippen molar-refractivity contribution in [3.05, 3.63) is 68.2 Å². The maximum absolute atomic E-state index is 13.1. The van der Waals surface area contributed by atoms with Crippen molar-refractivity contribution in [3.63, 3.8) is 0 Å². The van der Waals surface area contributed by atoms with Crippen molar-refractivity contribution in [2.24, 2.45) is 5.10 Å². The van der Waals surface area contributed by atoms with Crippen molar-refractivity contribution in [2.75, 3.05) is 11.2 Å². The molecule has 0 amide bonds. The van der Waals surface area contributed by atoms with Crippen LogP contribution < -0.4 is 15.9 Å². The number of nitrogens with zero attached hydrogens (tertiary/aromatic N) is 2. The topological polar surface area (TPSA) is 72.5 Å². The average Bonchev–Trinajstić information content (AvgIpc) is 3.01. The summed E-state index contributed by atoms with van der Waals surface area (Å²) in [5.74, 6) is 0.664. The molecule has 134 valence electrons. The first-order valence-electron chi connectivity index (χ1n) is 7.37. The average molecular weight is 456 g/mol. The molecule has 0 aliphatic carbocycles. The molecule has 0 radical (unpaired) electrons. The van der Waals surface area contributed by atoms with Crippen LogP contribution in [-0.4, -0.2) is 11.2 Å². The van der Waals surface area contributed by atoms with Crippen molar-refractivity contribution in [2.45, 2.75) is 6.61 Å². The summed E-state index contributed by atoms with van der Waals surface area (Å²) in [5, 5.41) is 6.78. The van der Waals surface area contributed by atoms with Gasteiger partial charge in [-0.15, -0.1) is 11.3 Å². The molecule has 0 unspecified atom stereocenters. The second-order valence-electron chi connectivity index (χ2n) is 5.15.